The van der Waals surface area contributed by atoms with Crippen molar-refractivity contribution in [2.24, 2.45) is 0 Å². The molecule has 3 heterocycles. The molecule has 7 nitrogen and oxygen atoms in total. The highest BCUT2D eigenvalue weighted by molar-refractivity contribution is 6.31. The minimum absolute atomic E-state index is 0.268. The van der Waals surface area contributed by atoms with Crippen molar-refractivity contribution in [3.05, 3.63) is 101 Å². The molecule has 0 spiro atoms. The normalized spacial score (nSPS) is 15.1. The summed E-state index contributed by atoms with van der Waals surface area (Å²) in [5.74, 6) is 0.839. The number of rotatable bonds is 4. The van der Waals surface area contributed by atoms with E-state index in [1.807, 2.05) is 55.5 Å². The third-order valence-corrected chi connectivity index (χ3v) is 5.59. The largest absolute Gasteiger partial charge is 0.328 e. The molecular weight excluding hydrogens is 424 g/mol. The van der Waals surface area contributed by atoms with Gasteiger partial charge in [0.15, 0.2) is 5.82 Å². The third kappa shape index (κ3) is 3.63. The molecule has 0 bridgehead atoms. The number of nitrogens with zero attached hydrogens (tertiary/aromatic N) is 4. The van der Waals surface area contributed by atoms with E-state index in [1.54, 1.807) is 35.3 Å². The average molecular weight is 443 g/mol. The molecule has 2 aromatic heterocycles. The van der Waals surface area contributed by atoms with Gasteiger partial charge in [-0.05, 0) is 25.1 Å². The van der Waals surface area contributed by atoms with E-state index in [4.69, 9.17) is 16.7 Å². The summed E-state index contributed by atoms with van der Waals surface area (Å²) < 4.78 is 1.72. The van der Waals surface area contributed by atoms with Gasteiger partial charge < -0.3 is 10.6 Å². The Bertz CT molecular complexity index is 1320. The van der Waals surface area contributed by atoms with Crippen LogP contribution < -0.4 is 10.6 Å². The maximum absolute atomic E-state index is 13.4. The molecule has 8 heteroatoms. The van der Waals surface area contributed by atoms with E-state index in [0.29, 0.717) is 33.8 Å². The lowest BCUT2D eigenvalue weighted by Crippen LogP contribution is -2.31. The van der Waals surface area contributed by atoms with Gasteiger partial charge in [-0.2, -0.15) is 4.98 Å². The van der Waals surface area contributed by atoms with Crippen LogP contribution in [0.4, 0.5) is 11.6 Å². The van der Waals surface area contributed by atoms with Crippen molar-refractivity contribution in [3.63, 3.8) is 0 Å². The zero-order valence-corrected chi connectivity index (χ0v) is 17.9. The van der Waals surface area contributed by atoms with Gasteiger partial charge in [0.1, 0.15) is 6.04 Å². The van der Waals surface area contributed by atoms with Crippen molar-refractivity contribution in [3.8, 4) is 11.4 Å². The number of hydrogen-bond donors (Lipinski definition) is 2. The minimum Gasteiger partial charge on any atom is -0.328 e. The van der Waals surface area contributed by atoms with Gasteiger partial charge in [0, 0.05) is 28.0 Å². The lowest BCUT2D eigenvalue weighted by atomic mass is 9.95. The summed E-state index contributed by atoms with van der Waals surface area (Å²) >= 11 is 6.58. The molecule has 0 fully saturated rings. The number of aromatic nitrogens is 4. The average Bonchev–Trinajstić information content (AvgIpc) is 3.23. The molecule has 2 N–H and O–H groups in total. The quantitative estimate of drug-likeness (QED) is 0.468. The fourth-order valence-corrected chi connectivity index (χ4v) is 4.01. The van der Waals surface area contributed by atoms with Crippen LogP contribution in [0.1, 0.15) is 18.5 Å². The third-order valence-electron chi connectivity index (χ3n) is 5.25. The van der Waals surface area contributed by atoms with E-state index in [9.17, 15) is 4.79 Å². The van der Waals surface area contributed by atoms with Crippen molar-refractivity contribution in [2.75, 3.05) is 10.6 Å². The predicted molar refractivity (Wildman–Crippen MR) is 124 cm³/mol. The lowest BCUT2D eigenvalue weighted by molar-refractivity contribution is -0.113. The molecule has 1 aliphatic heterocycles. The van der Waals surface area contributed by atoms with Crippen LogP contribution in [0.3, 0.4) is 0 Å². The van der Waals surface area contributed by atoms with Crippen molar-refractivity contribution >= 4 is 29.1 Å². The molecule has 0 aliphatic carbocycles. The van der Waals surface area contributed by atoms with Crippen LogP contribution in [0.15, 0.2) is 90.4 Å². The second-order valence-corrected chi connectivity index (χ2v) is 7.76. The molecule has 0 unspecified atom stereocenters. The van der Waals surface area contributed by atoms with Crippen LogP contribution in [0, 0.1) is 0 Å². The molecule has 0 saturated heterocycles. The van der Waals surface area contributed by atoms with Crippen molar-refractivity contribution in [1.82, 2.24) is 19.7 Å². The number of carbonyl (C=O) groups is 1. The first-order valence-electron chi connectivity index (χ1n) is 10.1. The van der Waals surface area contributed by atoms with E-state index in [2.05, 4.69) is 20.6 Å². The number of nitrogens with one attached hydrogen (secondary N) is 2. The Morgan fingerprint density at radius 2 is 1.84 bits per heavy atom. The first kappa shape index (κ1) is 20.0. The number of pyridine rings is 1. The van der Waals surface area contributed by atoms with Crippen LogP contribution in [-0.4, -0.2) is 25.7 Å². The number of amides is 1. The Kier molecular flexibility index (Phi) is 5.17. The minimum atomic E-state index is -0.554. The topological polar surface area (TPSA) is 84.7 Å². The Morgan fingerprint density at radius 1 is 1.06 bits per heavy atom. The number of benzene rings is 2. The standard InChI is InChI=1S/C24H19ClN6O/c1-15-20(23(32)28-17-10-7-13-26-14-17)21(18-11-5-6-12-19(18)25)31-24(27-15)29-22(30-31)16-8-3-2-4-9-16/h2-14,21H,1H3,(H,28,32)(H,27,29,30)/t21-/m0/s1. The van der Waals surface area contributed by atoms with Gasteiger partial charge in [0.05, 0.1) is 17.5 Å². The van der Waals surface area contributed by atoms with Crippen molar-refractivity contribution in [2.45, 2.75) is 13.0 Å². The first-order chi connectivity index (χ1) is 15.6. The van der Waals surface area contributed by atoms with Gasteiger partial charge in [-0.15, -0.1) is 5.10 Å². The maximum atomic E-state index is 13.4. The summed E-state index contributed by atoms with van der Waals surface area (Å²) in [5, 5.41) is 11.5. The van der Waals surface area contributed by atoms with Gasteiger partial charge in [0.2, 0.25) is 5.95 Å². The molecule has 4 aromatic rings. The second kappa shape index (κ2) is 8.28. The summed E-state index contributed by atoms with van der Waals surface area (Å²) in [4.78, 5) is 22.2. The number of carbonyl (C=O) groups excluding carboxylic acids is 1. The SMILES string of the molecule is CC1=C(C(=O)Nc2cccnc2)[C@H](c2ccccc2Cl)n2nc(-c3ccccc3)nc2N1. The number of halogens is 1. The molecule has 0 saturated carbocycles. The van der Waals surface area contributed by atoms with E-state index >= 15 is 0 Å². The fourth-order valence-electron chi connectivity index (χ4n) is 3.77. The van der Waals surface area contributed by atoms with Gasteiger partial charge in [-0.25, -0.2) is 4.68 Å². The molecule has 1 atom stereocenters. The van der Waals surface area contributed by atoms with Crippen LogP contribution in [0.25, 0.3) is 11.4 Å². The summed E-state index contributed by atoms with van der Waals surface area (Å²) in [7, 11) is 0. The predicted octanol–water partition coefficient (Wildman–Crippen LogP) is 4.92. The maximum Gasteiger partial charge on any atom is 0.255 e. The molecule has 158 valence electrons. The lowest BCUT2D eigenvalue weighted by Gasteiger charge is -2.29. The monoisotopic (exact) mass is 442 g/mol. The molecular formula is C24H19ClN6O. The van der Waals surface area contributed by atoms with Crippen LogP contribution in [0.5, 0.6) is 0 Å². The molecule has 1 amide bonds. The van der Waals surface area contributed by atoms with E-state index < -0.39 is 6.04 Å². The smallest absolute Gasteiger partial charge is 0.255 e. The summed E-state index contributed by atoms with van der Waals surface area (Å²) in [5.41, 5.74) is 3.42. The van der Waals surface area contributed by atoms with Gasteiger partial charge >= 0.3 is 0 Å². The number of allylic oxidation sites excluding steroid dienone is 1. The van der Waals surface area contributed by atoms with Gasteiger partial charge in [0.25, 0.3) is 5.91 Å². The van der Waals surface area contributed by atoms with Crippen molar-refractivity contribution in [1.29, 1.82) is 0 Å². The Hall–Kier alpha value is -3.97. The molecule has 2 aromatic carbocycles. The van der Waals surface area contributed by atoms with E-state index in [1.165, 1.54) is 0 Å². The van der Waals surface area contributed by atoms with E-state index in [-0.39, 0.29) is 5.91 Å². The molecule has 0 radical (unpaired) electrons. The summed E-state index contributed by atoms with van der Waals surface area (Å²) in [6.07, 6.45) is 3.25. The Morgan fingerprint density at radius 3 is 2.59 bits per heavy atom. The van der Waals surface area contributed by atoms with Crippen LogP contribution in [0.2, 0.25) is 5.02 Å². The summed E-state index contributed by atoms with van der Waals surface area (Å²) in [6.45, 7) is 1.85. The zero-order valence-electron chi connectivity index (χ0n) is 17.2. The molecule has 5 rings (SSSR count). The highest BCUT2D eigenvalue weighted by Crippen LogP contribution is 2.39. The second-order valence-electron chi connectivity index (χ2n) is 7.35. The number of fused-ring (bicyclic) bond motifs is 1. The zero-order chi connectivity index (χ0) is 22.1. The summed E-state index contributed by atoms with van der Waals surface area (Å²) in [6, 6.07) is 20.2. The highest BCUT2D eigenvalue weighted by Gasteiger charge is 2.35. The fraction of sp³-hybridized carbons (Fsp3) is 0.0833. The van der Waals surface area contributed by atoms with Crippen LogP contribution in [-0.2, 0) is 4.79 Å². The van der Waals surface area contributed by atoms with Crippen molar-refractivity contribution < 1.29 is 4.79 Å². The molecule has 1 aliphatic rings. The molecule has 32 heavy (non-hydrogen) atoms. The van der Waals surface area contributed by atoms with Gasteiger partial charge in [-0.1, -0.05) is 60.1 Å². The number of anilines is 2. The number of hydrogen-bond acceptors (Lipinski definition) is 5. The first-order valence-corrected chi connectivity index (χ1v) is 10.4. The van der Waals surface area contributed by atoms with E-state index in [0.717, 1.165) is 11.1 Å². The Balaban J connectivity index is 1.63. The van der Waals surface area contributed by atoms with Crippen LogP contribution >= 0.6 is 11.6 Å². The highest BCUT2D eigenvalue weighted by atomic mass is 35.5. The Labute approximate surface area is 189 Å². The van der Waals surface area contributed by atoms with Gasteiger partial charge in [-0.3, -0.25) is 9.78 Å².